The lowest BCUT2D eigenvalue weighted by molar-refractivity contribution is -0.0366. The average Bonchev–Trinajstić information content (AvgIpc) is 3.60. The number of anilines is 1. The van der Waals surface area contributed by atoms with Crippen LogP contribution in [-0.2, 0) is 18.7 Å². The zero-order chi connectivity index (χ0) is 27.6. The van der Waals surface area contributed by atoms with E-state index < -0.39 is 23.3 Å². The molecule has 2 N–H and O–H groups in total. The summed E-state index contributed by atoms with van der Waals surface area (Å²) in [5, 5.41) is 24.8. The fourth-order valence-electron chi connectivity index (χ4n) is 4.59. The van der Waals surface area contributed by atoms with E-state index >= 15 is 0 Å². The number of hydrogen-bond donors (Lipinski definition) is 2. The number of nitrogens with zero attached hydrogens (tertiary/aromatic N) is 5. The summed E-state index contributed by atoms with van der Waals surface area (Å²) in [6.45, 7) is 2.13. The quantitative estimate of drug-likeness (QED) is 0.268. The topological polar surface area (TPSA) is 99.3 Å². The van der Waals surface area contributed by atoms with Gasteiger partial charge in [0.1, 0.15) is 41.4 Å². The van der Waals surface area contributed by atoms with Gasteiger partial charge in [-0.2, -0.15) is 10.2 Å². The van der Waals surface area contributed by atoms with Gasteiger partial charge in [0.2, 0.25) is 0 Å². The Morgan fingerprint density at radius 2 is 1.79 bits per heavy atom. The molecule has 5 rings (SSSR count). The Morgan fingerprint density at radius 1 is 1.03 bits per heavy atom. The number of aromatic nitrogens is 5. The van der Waals surface area contributed by atoms with Gasteiger partial charge in [-0.25, -0.2) is 18.4 Å². The van der Waals surface area contributed by atoms with Crippen LogP contribution in [0.2, 0.25) is 0 Å². The molecule has 9 nitrogen and oxygen atoms in total. The fourth-order valence-corrected chi connectivity index (χ4v) is 4.59. The second-order valence-corrected chi connectivity index (χ2v) is 9.27. The van der Waals surface area contributed by atoms with Gasteiger partial charge in [0.15, 0.2) is 0 Å². The fraction of sp³-hybridized carbons (Fsp3) is 0.250. The van der Waals surface area contributed by atoms with E-state index in [0.717, 1.165) is 28.8 Å². The Hall–Kier alpha value is -4.51. The van der Waals surface area contributed by atoms with Gasteiger partial charge in [-0.1, -0.05) is 6.07 Å². The number of halogens is 2. The normalized spacial score (nSPS) is 13.7. The Bertz CT molecular complexity index is 1570. The van der Waals surface area contributed by atoms with Crippen LogP contribution in [0, 0.1) is 11.6 Å². The third-order valence-corrected chi connectivity index (χ3v) is 6.79. The lowest BCUT2D eigenvalue weighted by Crippen LogP contribution is -2.40. The molecule has 2 heterocycles. The molecule has 0 radical (unpaired) electrons. The van der Waals surface area contributed by atoms with Gasteiger partial charge in [-0.15, -0.1) is 0 Å². The Labute approximate surface area is 223 Å². The molecule has 2 aromatic heterocycles. The van der Waals surface area contributed by atoms with Crippen LogP contribution in [0.5, 0.6) is 11.5 Å². The second-order valence-electron chi connectivity index (χ2n) is 9.27. The summed E-state index contributed by atoms with van der Waals surface area (Å²) in [6, 6.07) is 13.7. The van der Waals surface area contributed by atoms with Gasteiger partial charge in [0.25, 0.3) is 0 Å². The van der Waals surface area contributed by atoms with E-state index in [-0.39, 0.29) is 12.1 Å². The van der Waals surface area contributed by atoms with Crippen molar-refractivity contribution in [3.05, 3.63) is 96.2 Å². The van der Waals surface area contributed by atoms with Crippen LogP contribution in [0.15, 0.2) is 73.4 Å². The highest BCUT2D eigenvalue weighted by Crippen LogP contribution is 2.37. The first-order chi connectivity index (χ1) is 18.8. The predicted octanol–water partition coefficient (Wildman–Crippen LogP) is 4.68. The summed E-state index contributed by atoms with van der Waals surface area (Å²) < 4.78 is 42.3. The van der Waals surface area contributed by atoms with Crippen LogP contribution in [0.25, 0.3) is 10.9 Å². The minimum absolute atomic E-state index is 0.0671. The van der Waals surface area contributed by atoms with Crippen molar-refractivity contribution in [2.24, 2.45) is 0 Å². The molecule has 3 aromatic carbocycles. The SMILES string of the molecule is COc1cc(CNc2ccc3nn([C@H](C)[C@](O)(Cn4cncn4)c4ccc(F)cc4F)cc3c2)cc(OC)c1. The summed E-state index contributed by atoms with van der Waals surface area (Å²) in [7, 11) is 3.21. The molecule has 39 heavy (non-hydrogen) atoms. The summed E-state index contributed by atoms with van der Waals surface area (Å²) in [5.41, 5.74) is 0.648. The van der Waals surface area contributed by atoms with Crippen LogP contribution in [0.1, 0.15) is 24.1 Å². The predicted molar refractivity (Wildman–Crippen MR) is 142 cm³/mol. The summed E-state index contributed by atoms with van der Waals surface area (Å²) in [6.07, 6.45) is 4.53. The minimum Gasteiger partial charge on any atom is -0.497 e. The van der Waals surface area contributed by atoms with Crippen molar-refractivity contribution in [1.29, 1.82) is 0 Å². The molecular weight excluding hydrogens is 506 g/mol. The second kappa shape index (κ2) is 10.7. The van der Waals surface area contributed by atoms with Crippen molar-refractivity contribution in [3.63, 3.8) is 0 Å². The number of aliphatic hydroxyl groups is 1. The maximum Gasteiger partial charge on any atom is 0.137 e. The zero-order valence-electron chi connectivity index (χ0n) is 21.7. The number of ether oxygens (including phenoxy) is 2. The van der Waals surface area contributed by atoms with Crippen LogP contribution >= 0.6 is 0 Å². The zero-order valence-corrected chi connectivity index (χ0v) is 21.7. The molecule has 0 bridgehead atoms. The van der Waals surface area contributed by atoms with Crippen LogP contribution in [0.4, 0.5) is 14.5 Å². The van der Waals surface area contributed by atoms with Crippen molar-refractivity contribution in [1.82, 2.24) is 24.5 Å². The molecule has 0 fully saturated rings. The van der Waals surface area contributed by atoms with Crippen LogP contribution in [0.3, 0.4) is 0 Å². The minimum atomic E-state index is -1.82. The molecule has 0 aliphatic heterocycles. The molecule has 0 unspecified atom stereocenters. The summed E-state index contributed by atoms with van der Waals surface area (Å²) >= 11 is 0. The highest BCUT2D eigenvalue weighted by Gasteiger charge is 2.40. The van der Waals surface area contributed by atoms with Gasteiger partial charge in [0.05, 0.1) is 32.3 Å². The largest absolute Gasteiger partial charge is 0.497 e. The standard InChI is InChI=1S/C28H28F2N6O3/c1-18(28(37,15-35-17-31-16-33-35)25-6-4-21(29)11-26(25)30)36-14-20-10-22(5-7-27(20)34-36)32-13-19-8-23(38-2)12-24(9-19)39-3/h4-12,14,16-18,32,37H,13,15H2,1-3H3/t18-,28-/m1/s1. The molecule has 0 aliphatic carbocycles. The molecule has 0 aliphatic rings. The highest BCUT2D eigenvalue weighted by molar-refractivity contribution is 5.82. The van der Waals surface area contributed by atoms with E-state index in [0.29, 0.717) is 23.6 Å². The monoisotopic (exact) mass is 534 g/mol. The first-order valence-corrected chi connectivity index (χ1v) is 12.2. The smallest absolute Gasteiger partial charge is 0.137 e. The van der Waals surface area contributed by atoms with Crippen molar-refractivity contribution in [2.45, 2.75) is 31.7 Å². The van der Waals surface area contributed by atoms with Crippen molar-refractivity contribution in [3.8, 4) is 11.5 Å². The van der Waals surface area contributed by atoms with Crippen LogP contribution < -0.4 is 14.8 Å². The van der Waals surface area contributed by atoms with E-state index in [4.69, 9.17) is 9.47 Å². The molecule has 2 atom stereocenters. The van der Waals surface area contributed by atoms with Crippen molar-refractivity contribution >= 4 is 16.6 Å². The Morgan fingerprint density at radius 3 is 2.46 bits per heavy atom. The van der Waals surface area contributed by atoms with E-state index in [1.54, 1.807) is 32.0 Å². The molecule has 0 saturated carbocycles. The van der Waals surface area contributed by atoms with Crippen molar-refractivity contribution in [2.75, 3.05) is 19.5 Å². The molecule has 0 saturated heterocycles. The Kier molecular flexibility index (Phi) is 7.16. The molecule has 11 heteroatoms. The number of nitrogens with one attached hydrogen (secondary N) is 1. The summed E-state index contributed by atoms with van der Waals surface area (Å²) in [5.74, 6) is -0.188. The molecule has 5 aromatic rings. The number of rotatable bonds is 10. The lowest BCUT2D eigenvalue weighted by Gasteiger charge is -2.34. The third-order valence-electron chi connectivity index (χ3n) is 6.79. The number of fused-ring (bicyclic) bond motifs is 1. The average molecular weight is 535 g/mol. The maximum atomic E-state index is 14.9. The van der Waals surface area contributed by atoms with E-state index in [2.05, 4.69) is 20.5 Å². The molecular formula is C28H28F2N6O3. The van der Waals surface area contributed by atoms with Gasteiger partial charge < -0.3 is 19.9 Å². The summed E-state index contributed by atoms with van der Waals surface area (Å²) in [4.78, 5) is 3.92. The first-order valence-electron chi connectivity index (χ1n) is 12.2. The van der Waals surface area contributed by atoms with Gasteiger partial charge in [0, 0.05) is 41.5 Å². The Balaban J connectivity index is 1.43. The van der Waals surface area contributed by atoms with Gasteiger partial charge in [-0.05, 0) is 48.9 Å². The number of hydrogen-bond acceptors (Lipinski definition) is 7. The van der Waals surface area contributed by atoms with E-state index in [9.17, 15) is 13.9 Å². The van der Waals surface area contributed by atoms with Crippen molar-refractivity contribution < 1.29 is 23.4 Å². The number of methoxy groups -OCH3 is 2. The van der Waals surface area contributed by atoms with E-state index in [1.807, 2.05) is 36.4 Å². The molecule has 0 spiro atoms. The highest BCUT2D eigenvalue weighted by atomic mass is 19.1. The van der Waals surface area contributed by atoms with Gasteiger partial charge in [-0.3, -0.25) is 4.68 Å². The molecule has 0 amide bonds. The first kappa shape index (κ1) is 26.1. The third kappa shape index (κ3) is 5.39. The van der Waals surface area contributed by atoms with Gasteiger partial charge >= 0.3 is 0 Å². The molecule has 202 valence electrons. The van der Waals surface area contributed by atoms with Crippen LogP contribution in [-0.4, -0.2) is 43.9 Å². The van der Waals surface area contributed by atoms with E-state index in [1.165, 1.54) is 23.4 Å². The lowest BCUT2D eigenvalue weighted by atomic mass is 9.86. The maximum absolute atomic E-state index is 14.9. The number of benzene rings is 3.